The molecule has 5 nitrogen and oxygen atoms in total. The molecule has 0 fully saturated rings. The first-order valence-electron chi connectivity index (χ1n) is 4.22. The molecule has 0 bridgehead atoms. The number of halogens is 2. The lowest BCUT2D eigenvalue weighted by Crippen LogP contribution is -1.90. The van der Waals surface area contributed by atoms with Crippen molar-refractivity contribution in [3.05, 3.63) is 46.1 Å². The van der Waals surface area contributed by atoms with Gasteiger partial charge in [-0.1, -0.05) is 0 Å². The summed E-state index contributed by atoms with van der Waals surface area (Å²) in [6.45, 7) is 0. The van der Waals surface area contributed by atoms with Gasteiger partial charge in [0.15, 0.2) is 0 Å². The number of benzene rings is 1. The molecule has 2 rings (SSSR count). The molecule has 1 aromatic heterocycles. The fourth-order valence-electron chi connectivity index (χ4n) is 1.33. The van der Waals surface area contributed by atoms with Crippen LogP contribution in [0.1, 0.15) is 0 Å². The van der Waals surface area contributed by atoms with Gasteiger partial charge in [0.05, 0.1) is 4.92 Å². The van der Waals surface area contributed by atoms with Crippen LogP contribution in [0.4, 0.5) is 14.5 Å². The summed E-state index contributed by atoms with van der Waals surface area (Å²) in [5.41, 5.74) is -0.310. The van der Waals surface area contributed by atoms with E-state index in [4.69, 9.17) is 0 Å². The van der Waals surface area contributed by atoms with E-state index in [9.17, 15) is 18.9 Å². The minimum Gasteiger partial charge on any atom is -0.271 e. The number of rotatable bonds is 2. The van der Waals surface area contributed by atoms with Crippen molar-refractivity contribution < 1.29 is 13.7 Å². The number of aromatic amines is 1. The van der Waals surface area contributed by atoms with Crippen LogP contribution < -0.4 is 0 Å². The molecule has 0 saturated heterocycles. The van der Waals surface area contributed by atoms with Crippen LogP contribution in [-0.4, -0.2) is 15.1 Å². The molecular weight excluding hydrogens is 220 g/mol. The Kier molecular flexibility index (Phi) is 2.35. The van der Waals surface area contributed by atoms with Gasteiger partial charge in [0.2, 0.25) is 0 Å². The summed E-state index contributed by atoms with van der Waals surface area (Å²) in [5, 5.41) is 16.4. The molecule has 1 heterocycles. The summed E-state index contributed by atoms with van der Waals surface area (Å²) in [6.07, 6.45) is 0.984. The standard InChI is InChI=1S/C9H5F2N3O2/c10-6-1-5(2-7(11)3-6)9-8(14(15)16)4-12-13-9/h1-4H,(H,12,13). The Labute approximate surface area is 87.9 Å². The fraction of sp³-hybridized carbons (Fsp3) is 0. The van der Waals surface area contributed by atoms with Crippen molar-refractivity contribution in [2.75, 3.05) is 0 Å². The van der Waals surface area contributed by atoms with E-state index >= 15 is 0 Å². The number of nitrogens with one attached hydrogen (secondary N) is 1. The van der Waals surface area contributed by atoms with Crippen molar-refractivity contribution in [1.82, 2.24) is 10.2 Å². The molecule has 1 N–H and O–H groups in total. The SMILES string of the molecule is O=[N+]([O-])c1cn[nH]c1-c1cc(F)cc(F)c1. The molecule has 0 radical (unpaired) electrons. The van der Waals surface area contributed by atoms with Gasteiger partial charge in [0.1, 0.15) is 23.5 Å². The van der Waals surface area contributed by atoms with Crippen LogP contribution in [0.2, 0.25) is 0 Å². The van der Waals surface area contributed by atoms with Gasteiger partial charge in [-0.15, -0.1) is 0 Å². The molecule has 0 aliphatic carbocycles. The molecule has 0 atom stereocenters. The van der Waals surface area contributed by atoms with E-state index in [-0.39, 0.29) is 16.9 Å². The quantitative estimate of drug-likeness (QED) is 0.629. The van der Waals surface area contributed by atoms with Gasteiger partial charge in [-0.3, -0.25) is 15.2 Å². The average Bonchev–Trinajstić information content (AvgIpc) is 2.63. The lowest BCUT2D eigenvalue weighted by atomic mass is 10.1. The smallest absolute Gasteiger partial charge is 0.271 e. The normalized spacial score (nSPS) is 10.4. The van der Waals surface area contributed by atoms with Gasteiger partial charge < -0.3 is 0 Å². The summed E-state index contributed by atoms with van der Waals surface area (Å²) in [5.74, 6) is -1.61. The van der Waals surface area contributed by atoms with Crippen molar-refractivity contribution in [3.8, 4) is 11.3 Å². The Morgan fingerprint density at radius 1 is 1.25 bits per heavy atom. The highest BCUT2D eigenvalue weighted by Gasteiger charge is 2.18. The molecule has 0 aliphatic rings. The largest absolute Gasteiger partial charge is 0.314 e. The van der Waals surface area contributed by atoms with Crippen LogP contribution in [-0.2, 0) is 0 Å². The van der Waals surface area contributed by atoms with Gasteiger partial charge in [0, 0.05) is 11.6 Å². The van der Waals surface area contributed by atoms with Crippen molar-refractivity contribution in [2.24, 2.45) is 0 Å². The Balaban J connectivity index is 2.58. The third kappa shape index (κ3) is 1.74. The van der Waals surface area contributed by atoms with Crippen molar-refractivity contribution in [1.29, 1.82) is 0 Å². The van der Waals surface area contributed by atoms with Crippen molar-refractivity contribution >= 4 is 5.69 Å². The molecule has 16 heavy (non-hydrogen) atoms. The Bertz CT molecular complexity index is 533. The number of nitrogens with zero attached hydrogens (tertiary/aromatic N) is 2. The Morgan fingerprint density at radius 2 is 1.88 bits per heavy atom. The van der Waals surface area contributed by atoms with Crippen LogP contribution in [0.15, 0.2) is 24.4 Å². The van der Waals surface area contributed by atoms with Crippen LogP contribution in [0.25, 0.3) is 11.3 Å². The molecule has 7 heteroatoms. The van der Waals surface area contributed by atoms with Crippen LogP contribution in [0.5, 0.6) is 0 Å². The molecule has 82 valence electrons. The zero-order valence-corrected chi connectivity index (χ0v) is 7.78. The van der Waals surface area contributed by atoms with E-state index < -0.39 is 16.6 Å². The molecule has 0 amide bonds. The lowest BCUT2D eigenvalue weighted by Gasteiger charge is -1.98. The first-order valence-corrected chi connectivity index (χ1v) is 4.22. The third-order valence-electron chi connectivity index (χ3n) is 1.97. The molecular formula is C9H5F2N3O2. The molecule has 0 spiro atoms. The van der Waals surface area contributed by atoms with E-state index in [0.717, 1.165) is 18.3 Å². The molecule has 0 aliphatic heterocycles. The van der Waals surface area contributed by atoms with Gasteiger partial charge in [-0.2, -0.15) is 5.10 Å². The second-order valence-corrected chi connectivity index (χ2v) is 3.05. The zero-order valence-electron chi connectivity index (χ0n) is 7.78. The summed E-state index contributed by atoms with van der Waals surface area (Å²) in [7, 11) is 0. The topological polar surface area (TPSA) is 71.8 Å². The van der Waals surface area contributed by atoms with Gasteiger partial charge in [0.25, 0.3) is 0 Å². The van der Waals surface area contributed by atoms with Crippen LogP contribution >= 0.6 is 0 Å². The highest BCUT2D eigenvalue weighted by molar-refractivity contribution is 5.68. The van der Waals surface area contributed by atoms with E-state index in [1.165, 1.54) is 0 Å². The number of aromatic nitrogens is 2. The van der Waals surface area contributed by atoms with Gasteiger partial charge in [-0.05, 0) is 12.1 Å². The monoisotopic (exact) mass is 225 g/mol. The first kappa shape index (κ1) is 10.2. The lowest BCUT2D eigenvalue weighted by molar-refractivity contribution is -0.384. The van der Waals surface area contributed by atoms with E-state index in [1.807, 2.05) is 0 Å². The highest BCUT2D eigenvalue weighted by atomic mass is 19.1. The van der Waals surface area contributed by atoms with Crippen LogP contribution in [0, 0.1) is 21.7 Å². The maximum Gasteiger partial charge on any atom is 0.314 e. The summed E-state index contributed by atoms with van der Waals surface area (Å²) in [6, 6.07) is 2.67. The second-order valence-electron chi connectivity index (χ2n) is 3.05. The predicted molar refractivity (Wildman–Crippen MR) is 50.6 cm³/mol. The summed E-state index contributed by atoms with van der Waals surface area (Å²) < 4.78 is 25.8. The van der Waals surface area contributed by atoms with E-state index in [2.05, 4.69) is 10.2 Å². The predicted octanol–water partition coefficient (Wildman–Crippen LogP) is 2.26. The zero-order chi connectivity index (χ0) is 11.7. The highest BCUT2D eigenvalue weighted by Crippen LogP contribution is 2.27. The second kappa shape index (κ2) is 3.69. The fourth-order valence-corrected chi connectivity index (χ4v) is 1.33. The van der Waals surface area contributed by atoms with Crippen molar-refractivity contribution in [3.63, 3.8) is 0 Å². The van der Waals surface area contributed by atoms with Gasteiger partial charge >= 0.3 is 5.69 Å². The Hall–Kier alpha value is -2.31. The first-order chi connectivity index (χ1) is 7.58. The number of H-pyrrole nitrogens is 1. The molecule has 0 unspecified atom stereocenters. The van der Waals surface area contributed by atoms with E-state index in [0.29, 0.717) is 6.07 Å². The molecule has 2 aromatic rings. The third-order valence-corrected chi connectivity index (χ3v) is 1.97. The minimum absolute atomic E-state index is 0.0246. The average molecular weight is 225 g/mol. The summed E-state index contributed by atoms with van der Waals surface area (Å²) >= 11 is 0. The Morgan fingerprint density at radius 3 is 2.44 bits per heavy atom. The van der Waals surface area contributed by atoms with Crippen LogP contribution in [0.3, 0.4) is 0 Å². The molecule has 0 saturated carbocycles. The number of hydrogen-bond donors (Lipinski definition) is 1. The van der Waals surface area contributed by atoms with Gasteiger partial charge in [-0.25, -0.2) is 8.78 Å². The maximum atomic E-state index is 12.9. The molecule has 1 aromatic carbocycles. The van der Waals surface area contributed by atoms with E-state index in [1.54, 1.807) is 0 Å². The maximum absolute atomic E-state index is 12.9. The van der Waals surface area contributed by atoms with Crippen molar-refractivity contribution in [2.45, 2.75) is 0 Å². The summed E-state index contributed by atoms with van der Waals surface area (Å²) in [4.78, 5) is 9.91. The minimum atomic E-state index is -0.807. The number of nitro groups is 1. The number of hydrogen-bond acceptors (Lipinski definition) is 3.